The van der Waals surface area contributed by atoms with Crippen LogP contribution in [0.1, 0.15) is 37.7 Å². The van der Waals surface area contributed by atoms with Crippen molar-refractivity contribution in [2.45, 2.75) is 50.9 Å². The van der Waals surface area contributed by atoms with Crippen LogP contribution < -0.4 is 16.4 Å². The van der Waals surface area contributed by atoms with Crippen LogP contribution in [0.5, 0.6) is 0 Å². The van der Waals surface area contributed by atoms with E-state index in [2.05, 4.69) is 10.6 Å². The molecule has 1 aromatic carbocycles. The van der Waals surface area contributed by atoms with Gasteiger partial charge in [-0.1, -0.05) is 30.3 Å². The predicted octanol–water partition coefficient (Wildman–Crippen LogP) is 0.393. The number of ketones is 1. The highest BCUT2D eigenvalue weighted by Crippen LogP contribution is 2.24. The van der Waals surface area contributed by atoms with Crippen LogP contribution in [0.25, 0.3) is 0 Å². The number of nitrogens with two attached hydrogens (primary N) is 1. The molecular weight excluding hydrogens is 378 g/mol. The van der Waals surface area contributed by atoms with Crippen LogP contribution >= 0.6 is 0 Å². The monoisotopic (exact) mass is 405 g/mol. The van der Waals surface area contributed by atoms with Gasteiger partial charge in [-0.3, -0.25) is 14.4 Å². The summed E-state index contributed by atoms with van der Waals surface area (Å²) in [6.07, 6.45) is -0.266. The maximum absolute atomic E-state index is 12.1. The molecule has 0 spiro atoms. The van der Waals surface area contributed by atoms with E-state index in [4.69, 9.17) is 10.5 Å². The van der Waals surface area contributed by atoms with Gasteiger partial charge in [-0.05, 0) is 24.3 Å². The Morgan fingerprint density at radius 1 is 1.24 bits per heavy atom. The molecule has 1 aliphatic rings. The quantitative estimate of drug-likeness (QED) is 0.467. The maximum atomic E-state index is 12.1. The third-order valence-electron chi connectivity index (χ3n) is 4.73. The predicted molar refractivity (Wildman–Crippen MR) is 103 cm³/mol. The van der Waals surface area contributed by atoms with Gasteiger partial charge in [-0.25, -0.2) is 4.79 Å². The number of benzene rings is 1. The van der Waals surface area contributed by atoms with E-state index in [0.717, 1.165) is 5.56 Å². The summed E-state index contributed by atoms with van der Waals surface area (Å²) in [5.41, 5.74) is 6.19. The Morgan fingerprint density at radius 2 is 1.97 bits per heavy atom. The number of carbonyl (C=O) groups excluding carboxylic acids is 4. The molecule has 0 radical (unpaired) electrons. The van der Waals surface area contributed by atoms with Crippen LogP contribution in [0, 0.1) is 5.92 Å². The van der Waals surface area contributed by atoms with Crippen molar-refractivity contribution in [2.75, 3.05) is 6.54 Å². The molecule has 0 unspecified atom stereocenters. The van der Waals surface area contributed by atoms with E-state index in [1.807, 2.05) is 30.3 Å². The summed E-state index contributed by atoms with van der Waals surface area (Å²) in [6.45, 7) is -0.103. The fourth-order valence-corrected chi connectivity index (χ4v) is 3.26. The lowest BCUT2D eigenvalue weighted by Gasteiger charge is -2.28. The van der Waals surface area contributed by atoms with Crippen molar-refractivity contribution in [2.24, 2.45) is 11.7 Å². The molecule has 9 heteroatoms. The van der Waals surface area contributed by atoms with Gasteiger partial charge in [0.05, 0.1) is 12.5 Å². The van der Waals surface area contributed by atoms with Gasteiger partial charge >= 0.3 is 6.09 Å². The fourth-order valence-electron chi connectivity index (χ4n) is 3.26. The molecule has 3 atom stereocenters. The van der Waals surface area contributed by atoms with Gasteiger partial charge in [0.1, 0.15) is 18.4 Å². The molecule has 9 nitrogen and oxygen atoms in total. The molecule has 3 amide bonds. The standard InChI is InChI=1S/C20H27N3O6/c21-19(27)18(14-7-4-8-15(24)9-14)23-17(26)10-16(25)11-22-20(28)29-12-13-5-2-1-3-6-13/h1-3,5-6,14,16,18,25H,4,7-12H2,(H2,21,27)(H,22,28)(H,23,26)/t14-,16+,18-/m0/s1. The van der Waals surface area contributed by atoms with Crippen molar-refractivity contribution in [3.63, 3.8) is 0 Å². The van der Waals surface area contributed by atoms with E-state index >= 15 is 0 Å². The second-order valence-electron chi connectivity index (χ2n) is 7.14. The third-order valence-corrected chi connectivity index (χ3v) is 4.73. The van der Waals surface area contributed by atoms with Crippen molar-refractivity contribution < 1.29 is 29.0 Å². The highest BCUT2D eigenvalue weighted by atomic mass is 16.5. The minimum Gasteiger partial charge on any atom is -0.445 e. The molecule has 5 N–H and O–H groups in total. The molecule has 0 aromatic heterocycles. The highest BCUT2D eigenvalue weighted by Gasteiger charge is 2.32. The first-order valence-corrected chi connectivity index (χ1v) is 9.58. The summed E-state index contributed by atoms with van der Waals surface area (Å²) in [5.74, 6) is -1.59. The number of aliphatic hydroxyl groups excluding tert-OH is 1. The number of carbonyl (C=O) groups is 4. The number of hydrogen-bond acceptors (Lipinski definition) is 6. The normalized spacial score (nSPS) is 18.4. The smallest absolute Gasteiger partial charge is 0.407 e. The number of primary amides is 1. The lowest BCUT2D eigenvalue weighted by Crippen LogP contribution is -2.51. The summed E-state index contributed by atoms with van der Waals surface area (Å²) in [7, 11) is 0. The molecule has 1 fully saturated rings. The van der Waals surface area contributed by atoms with Crippen LogP contribution in [-0.2, 0) is 25.7 Å². The van der Waals surface area contributed by atoms with E-state index in [1.54, 1.807) is 0 Å². The molecular formula is C20H27N3O6. The Labute approximate surface area is 169 Å². The number of Topliss-reactive ketones (excluding diaryl/α,β-unsaturated/α-hetero) is 1. The second-order valence-corrected chi connectivity index (χ2v) is 7.14. The Morgan fingerprint density at radius 3 is 2.62 bits per heavy atom. The van der Waals surface area contributed by atoms with Crippen LogP contribution in [0.4, 0.5) is 4.79 Å². The summed E-state index contributed by atoms with van der Waals surface area (Å²) in [5, 5.41) is 14.8. The minimum atomic E-state index is -1.17. The summed E-state index contributed by atoms with van der Waals surface area (Å²) in [4.78, 5) is 47.1. The van der Waals surface area contributed by atoms with Crippen LogP contribution in [0.2, 0.25) is 0 Å². The second kappa shape index (κ2) is 11.2. The first kappa shape index (κ1) is 22.4. The van der Waals surface area contributed by atoms with Crippen molar-refractivity contribution in [3.8, 4) is 0 Å². The Bertz CT molecular complexity index is 724. The Hall–Kier alpha value is -2.94. The van der Waals surface area contributed by atoms with E-state index in [9.17, 15) is 24.3 Å². The molecule has 0 aliphatic heterocycles. The lowest BCUT2D eigenvalue weighted by atomic mass is 9.83. The van der Waals surface area contributed by atoms with Gasteiger partial charge in [0.2, 0.25) is 11.8 Å². The molecule has 158 valence electrons. The van der Waals surface area contributed by atoms with E-state index < -0.39 is 30.1 Å². The Kier molecular flexibility index (Phi) is 8.60. The summed E-state index contributed by atoms with van der Waals surface area (Å²) in [6, 6.07) is 8.15. The number of rotatable bonds is 9. The number of ether oxygens (including phenoxy) is 1. The number of nitrogens with one attached hydrogen (secondary N) is 2. The van der Waals surface area contributed by atoms with Gasteiger partial charge in [-0.2, -0.15) is 0 Å². The third kappa shape index (κ3) is 7.90. The SMILES string of the molecule is NC(=O)[C@@H](NC(=O)C[C@@H](O)CNC(=O)OCc1ccccc1)[C@H]1CCCC(=O)C1. The van der Waals surface area contributed by atoms with Gasteiger partial charge in [-0.15, -0.1) is 0 Å². The maximum Gasteiger partial charge on any atom is 0.407 e. The minimum absolute atomic E-state index is 0.0417. The van der Waals surface area contributed by atoms with E-state index in [1.165, 1.54) is 0 Å². The highest BCUT2D eigenvalue weighted by molar-refractivity contribution is 5.88. The average molecular weight is 405 g/mol. The van der Waals surface area contributed by atoms with Crippen molar-refractivity contribution >= 4 is 23.7 Å². The first-order valence-electron chi connectivity index (χ1n) is 9.58. The number of amides is 3. The average Bonchev–Trinajstić information content (AvgIpc) is 2.69. The van der Waals surface area contributed by atoms with Gasteiger partial charge in [0, 0.05) is 19.4 Å². The largest absolute Gasteiger partial charge is 0.445 e. The molecule has 1 aromatic rings. The number of alkyl carbamates (subject to hydrolysis) is 1. The molecule has 1 aliphatic carbocycles. The fraction of sp³-hybridized carbons (Fsp3) is 0.500. The molecule has 29 heavy (non-hydrogen) atoms. The van der Waals surface area contributed by atoms with Gasteiger partial charge in [0.25, 0.3) is 0 Å². The molecule has 0 heterocycles. The summed E-state index contributed by atoms with van der Waals surface area (Å²) < 4.78 is 5.01. The van der Waals surface area contributed by atoms with E-state index in [-0.39, 0.29) is 37.7 Å². The molecule has 1 saturated carbocycles. The number of aliphatic hydroxyl groups is 1. The zero-order valence-electron chi connectivity index (χ0n) is 16.1. The zero-order valence-corrected chi connectivity index (χ0v) is 16.1. The van der Waals surface area contributed by atoms with Crippen LogP contribution in [0.15, 0.2) is 30.3 Å². The molecule has 0 saturated heterocycles. The first-order chi connectivity index (χ1) is 13.8. The molecule has 2 rings (SSSR count). The van der Waals surface area contributed by atoms with Crippen molar-refractivity contribution in [3.05, 3.63) is 35.9 Å². The zero-order chi connectivity index (χ0) is 21.2. The van der Waals surface area contributed by atoms with Crippen LogP contribution in [-0.4, -0.2) is 47.5 Å². The lowest BCUT2D eigenvalue weighted by molar-refractivity contribution is -0.131. The van der Waals surface area contributed by atoms with Crippen molar-refractivity contribution in [1.29, 1.82) is 0 Å². The molecule has 0 bridgehead atoms. The summed E-state index contributed by atoms with van der Waals surface area (Å²) >= 11 is 0. The number of hydrogen-bond donors (Lipinski definition) is 4. The van der Waals surface area contributed by atoms with Crippen molar-refractivity contribution in [1.82, 2.24) is 10.6 Å². The van der Waals surface area contributed by atoms with Gasteiger partial charge < -0.3 is 26.2 Å². The van der Waals surface area contributed by atoms with Crippen LogP contribution in [0.3, 0.4) is 0 Å². The Balaban J connectivity index is 1.72. The van der Waals surface area contributed by atoms with E-state index in [0.29, 0.717) is 19.3 Å². The topological polar surface area (TPSA) is 148 Å². The van der Waals surface area contributed by atoms with Gasteiger partial charge in [0.15, 0.2) is 0 Å².